The van der Waals surface area contributed by atoms with Gasteiger partial charge in [-0.15, -0.1) is 0 Å². The molecule has 0 amide bonds. The summed E-state index contributed by atoms with van der Waals surface area (Å²) < 4.78 is 5.65. The van der Waals surface area contributed by atoms with E-state index in [0.29, 0.717) is 6.04 Å². The Hall–Kier alpha value is -0.770. The smallest absolute Gasteiger partial charge is 0.0750 e. The number of nitrogens with one attached hydrogen (secondary N) is 1. The van der Waals surface area contributed by atoms with Crippen molar-refractivity contribution in [3.05, 3.63) is 28.8 Å². The summed E-state index contributed by atoms with van der Waals surface area (Å²) in [7, 11) is 4.06. The zero-order chi connectivity index (χ0) is 13.1. The highest BCUT2D eigenvalue weighted by molar-refractivity contribution is 6.31. The van der Waals surface area contributed by atoms with E-state index in [1.807, 2.05) is 19.2 Å². The van der Waals surface area contributed by atoms with E-state index >= 15 is 0 Å². The van der Waals surface area contributed by atoms with Crippen molar-refractivity contribution in [1.82, 2.24) is 5.32 Å². The number of hydrogen-bond acceptors (Lipinski definition) is 3. The van der Waals surface area contributed by atoms with Gasteiger partial charge in [0.05, 0.1) is 12.1 Å². The summed E-state index contributed by atoms with van der Waals surface area (Å²) in [5.74, 6) is 0. The topological polar surface area (TPSA) is 24.5 Å². The monoisotopic (exact) mass is 268 g/mol. The van der Waals surface area contributed by atoms with Crippen molar-refractivity contribution in [2.45, 2.75) is 32.0 Å². The third-order valence-electron chi connectivity index (χ3n) is 3.66. The summed E-state index contributed by atoms with van der Waals surface area (Å²) in [6.45, 7) is 3.76. The van der Waals surface area contributed by atoms with E-state index in [2.05, 4.69) is 30.3 Å². The second-order valence-corrected chi connectivity index (χ2v) is 5.22. The Labute approximate surface area is 114 Å². The van der Waals surface area contributed by atoms with Gasteiger partial charge in [-0.3, -0.25) is 0 Å². The molecule has 0 radical (unpaired) electrons. The molecule has 0 aromatic heterocycles. The predicted octanol–water partition coefficient (Wildman–Crippen LogP) is 2.67. The fourth-order valence-corrected chi connectivity index (χ4v) is 2.87. The maximum atomic E-state index is 6.30. The van der Waals surface area contributed by atoms with E-state index < -0.39 is 0 Å². The molecule has 2 rings (SSSR count). The van der Waals surface area contributed by atoms with Crippen molar-refractivity contribution in [2.24, 2.45) is 0 Å². The van der Waals surface area contributed by atoms with Gasteiger partial charge in [-0.1, -0.05) is 17.7 Å². The van der Waals surface area contributed by atoms with E-state index in [1.165, 1.54) is 5.69 Å². The molecule has 0 bridgehead atoms. The number of rotatable bonds is 4. The van der Waals surface area contributed by atoms with Crippen molar-refractivity contribution in [3.63, 3.8) is 0 Å². The Kier molecular flexibility index (Phi) is 4.49. The third kappa shape index (κ3) is 2.63. The first-order chi connectivity index (χ1) is 8.65. The van der Waals surface area contributed by atoms with Gasteiger partial charge >= 0.3 is 0 Å². The van der Waals surface area contributed by atoms with Crippen LogP contribution in [-0.2, 0) is 11.3 Å². The highest BCUT2D eigenvalue weighted by Gasteiger charge is 2.29. The number of ether oxygens (including phenoxy) is 1. The molecule has 1 aliphatic rings. The molecule has 4 heteroatoms. The quantitative estimate of drug-likeness (QED) is 0.909. The lowest BCUT2D eigenvalue weighted by molar-refractivity contribution is 0.118. The van der Waals surface area contributed by atoms with Gasteiger partial charge in [0.25, 0.3) is 0 Å². The van der Waals surface area contributed by atoms with Crippen molar-refractivity contribution in [2.75, 3.05) is 25.6 Å². The molecule has 0 aliphatic carbocycles. The highest BCUT2D eigenvalue weighted by Crippen LogP contribution is 2.31. The van der Waals surface area contributed by atoms with Crippen LogP contribution in [0.3, 0.4) is 0 Å². The summed E-state index contributed by atoms with van der Waals surface area (Å²) in [5.41, 5.74) is 2.35. The zero-order valence-electron chi connectivity index (χ0n) is 11.2. The summed E-state index contributed by atoms with van der Waals surface area (Å²) in [5, 5.41) is 4.00. The molecule has 1 heterocycles. The molecule has 18 heavy (non-hydrogen) atoms. The zero-order valence-corrected chi connectivity index (χ0v) is 12.0. The highest BCUT2D eigenvalue weighted by atomic mass is 35.5. The van der Waals surface area contributed by atoms with Crippen LogP contribution in [0.1, 0.15) is 18.9 Å². The Morgan fingerprint density at radius 2 is 2.28 bits per heavy atom. The van der Waals surface area contributed by atoms with E-state index in [1.54, 1.807) is 0 Å². The van der Waals surface area contributed by atoms with Crippen LogP contribution < -0.4 is 10.2 Å². The Bertz CT molecular complexity index is 411. The Morgan fingerprint density at radius 3 is 2.89 bits per heavy atom. The van der Waals surface area contributed by atoms with Gasteiger partial charge in [0, 0.05) is 36.5 Å². The van der Waals surface area contributed by atoms with Gasteiger partial charge < -0.3 is 15.0 Å². The van der Waals surface area contributed by atoms with Crippen LogP contribution in [0.25, 0.3) is 0 Å². The minimum atomic E-state index is 0.274. The largest absolute Gasteiger partial charge is 0.376 e. The second kappa shape index (κ2) is 5.91. The molecule has 0 saturated carbocycles. The van der Waals surface area contributed by atoms with E-state index in [4.69, 9.17) is 16.3 Å². The minimum absolute atomic E-state index is 0.274. The van der Waals surface area contributed by atoms with Crippen LogP contribution in [0.5, 0.6) is 0 Å². The first-order valence-corrected chi connectivity index (χ1v) is 6.79. The Balaban J connectivity index is 2.29. The molecule has 1 aliphatic heterocycles. The van der Waals surface area contributed by atoms with E-state index in [0.717, 1.165) is 30.2 Å². The lowest BCUT2D eigenvalue weighted by Crippen LogP contribution is -2.37. The summed E-state index contributed by atoms with van der Waals surface area (Å²) in [6, 6.07) is 6.51. The van der Waals surface area contributed by atoms with E-state index in [-0.39, 0.29) is 6.10 Å². The fourth-order valence-electron chi connectivity index (χ4n) is 2.64. The van der Waals surface area contributed by atoms with E-state index in [9.17, 15) is 0 Å². The van der Waals surface area contributed by atoms with Gasteiger partial charge in [-0.2, -0.15) is 0 Å². The van der Waals surface area contributed by atoms with Crippen LogP contribution in [-0.4, -0.2) is 32.8 Å². The van der Waals surface area contributed by atoms with Crippen molar-refractivity contribution in [1.29, 1.82) is 0 Å². The second-order valence-electron chi connectivity index (χ2n) is 4.81. The van der Waals surface area contributed by atoms with Gasteiger partial charge in [0.2, 0.25) is 0 Å². The maximum Gasteiger partial charge on any atom is 0.0750 e. The molecule has 1 saturated heterocycles. The van der Waals surface area contributed by atoms with Crippen LogP contribution in [0.4, 0.5) is 5.69 Å². The third-order valence-corrected chi connectivity index (χ3v) is 4.02. The predicted molar refractivity (Wildman–Crippen MR) is 76.4 cm³/mol. The molecule has 2 atom stereocenters. The number of hydrogen-bond donors (Lipinski definition) is 1. The van der Waals surface area contributed by atoms with Crippen LogP contribution in [0, 0.1) is 0 Å². The number of likely N-dealkylation sites (N-methyl/N-ethyl adjacent to an activating group) is 1. The average molecular weight is 269 g/mol. The lowest BCUT2D eigenvalue weighted by Gasteiger charge is -2.31. The van der Waals surface area contributed by atoms with Crippen molar-refractivity contribution in [3.8, 4) is 0 Å². The van der Waals surface area contributed by atoms with Gasteiger partial charge in [-0.25, -0.2) is 0 Å². The normalized spacial score (nSPS) is 23.3. The number of nitrogens with zero attached hydrogens (tertiary/aromatic N) is 1. The number of anilines is 1. The van der Waals surface area contributed by atoms with Gasteiger partial charge in [0.1, 0.15) is 0 Å². The van der Waals surface area contributed by atoms with Gasteiger partial charge in [-0.05, 0) is 32.5 Å². The summed E-state index contributed by atoms with van der Waals surface area (Å²) in [6.07, 6.45) is 1.35. The molecule has 2 unspecified atom stereocenters. The van der Waals surface area contributed by atoms with Crippen molar-refractivity contribution >= 4 is 17.3 Å². The molecular formula is C14H21ClN2O. The molecule has 1 aromatic carbocycles. The molecule has 1 aromatic rings. The lowest BCUT2D eigenvalue weighted by atomic mass is 10.1. The molecule has 100 valence electrons. The first-order valence-electron chi connectivity index (χ1n) is 6.41. The SMILES string of the molecule is CNCc1c(Cl)cccc1N(C)C1CCOC1C. The standard InChI is InChI=1S/C14H21ClN2O/c1-10-13(7-8-18-10)17(3)14-6-4-5-12(15)11(14)9-16-2/h4-6,10,13,16H,7-9H2,1-3H3. The fraction of sp³-hybridized carbons (Fsp3) is 0.571. The maximum absolute atomic E-state index is 6.30. The summed E-state index contributed by atoms with van der Waals surface area (Å²) in [4.78, 5) is 2.30. The average Bonchev–Trinajstić information content (AvgIpc) is 2.77. The first kappa shape index (κ1) is 13.7. The number of benzene rings is 1. The molecule has 1 fully saturated rings. The van der Waals surface area contributed by atoms with Crippen LogP contribution in [0.2, 0.25) is 5.02 Å². The molecule has 1 N–H and O–H groups in total. The summed E-state index contributed by atoms with van der Waals surface area (Å²) >= 11 is 6.30. The van der Waals surface area contributed by atoms with Gasteiger partial charge in [0.15, 0.2) is 0 Å². The minimum Gasteiger partial charge on any atom is -0.376 e. The Morgan fingerprint density at radius 1 is 1.50 bits per heavy atom. The number of halogens is 1. The molecule has 3 nitrogen and oxygen atoms in total. The molecular weight excluding hydrogens is 248 g/mol. The van der Waals surface area contributed by atoms with Crippen molar-refractivity contribution < 1.29 is 4.74 Å². The van der Waals surface area contributed by atoms with Crippen LogP contribution >= 0.6 is 11.6 Å². The molecule has 0 spiro atoms. The van der Waals surface area contributed by atoms with Crippen LogP contribution in [0.15, 0.2) is 18.2 Å².